The van der Waals surface area contributed by atoms with Crippen LogP contribution in [0.4, 0.5) is 5.69 Å². The van der Waals surface area contributed by atoms with E-state index in [2.05, 4.69) is 45.1 Å². The number of nitrogens with zero attached hydrogens (tertiary/aromatic N) is 1. The standard InChI is InChI=1S/C30H38N4O2/c35-29(21-8-2-1-3-9-21)33-26-13-7-5-11-23(26)30(36)34-19-16-24-27(20-14-17-31-18-15-20)32-25-12-6-4-10-22(25)28(24)34/h1-4,6,8-10,12,20,23-24,26-28,31-32H,5,7,11,13-19H2,(H,33,35)/t23-,24+,26+,27-,28-/m0/s1. The third-order valence-corrected chi connectivity index (χ3v) is 9.12. The van der Waals surface area contributed by atoms with Gasteiger partial charge in [-0.2, -0.15) is 0 Å². The molecule has 36 heavy (non-hydrogen) atoms. The largest absolute Gasteiger partial charge is 0.381 e. The molecular formula is C30H38N4O2. The van der Waals surface area contributed by atoms with Crippen LogP contribution in [0.3, 0.4) is 0 Å². The summed E-state index contributed by atoms with van der Waals surface area (Å²) in [4.78, 5) is 29.4. The minimum absolute atomic E-state index is 0.0715. The van der Waals surface area contributed by atoms with Gasteiger partial charge in [0.25, 0.3) is 5.91 Å². The molecule has 5 atom stereocenters. The molecule has 3 fully saturated rings. The van der Waals surface area contributed by atoms with Gasteiger partial charge in [-0.25, -0.2) is 0 Å². The Morgan fingerprint density at radius 1 is 0.861 bits per heavy atom. The molecule has 1 aliphatic carbocycles. The summed E-state index contributed by atoms with van der Waals surface area (Å²) in [6, 6.07) is 18.4. The second kappa shape index (κ2) is 10.3. The zero-order chi connectivity index (χ0) is 24.5. The van der Waals surface area contributed by atoms with E-state index in [1.807, 2.05) is 30.3 Å². The molecule has 6 nitrogen and oxygen atoms in total. The van der Waals surface area contributed by atoms with Crippen LogP contribution >= 0.6 is 0 Å². The van der Waals surface area contributed by atoms with Gasteiger partial charge in [0.05, 0.1) is 12.0 Å². The van der Waals surface area contributed by atoms with Crippen molar-refractivity contribution in [1.29, 1.82) is 0 Å². The van der Waals surface area contributed by atoms with Gasteiger partial charge in [-0.1, -0.05) is 49.2 Å². The van der Waals surface area contributed by atoms with Gasteiger partial charge < -0.3 is 20.9 Å². The zero-order valence-corrected chi connectivity index (χ0v) is 21.0. The molecule has 0 aromatic heterocycles. The van der Waals surface area contributed by atoms with Crippen molar-refractivity contribution in [2.75, 3.05) is 25.0 Å². The van der Waals surface area contributed by atoms with Crippen LogP contribution in [0.15, 0.2) is 54.6 Å². The summed E-state index contributed by atoms with van der Waals surface area (Å²) < 4.78 is 0. The average molecular weight is 487 g/mol. The Labute approximate surface area is 214 Å². The molecule has 0 spiro atoms. The number of hydrogen-bond acceptors (Lipinski definition) is 4. The van der Waals surface area contributed by atoms with Crippen molar-refractivity contribution in [3.8, 4) is 0 Å². The fourth-order valence-electron chi connectivity index (χ4n) is 7.34. The van der Waals surface area contributed by atoms with Gasteiger partial charge >= 0.3 is 0 Å². The van der Waals surface area contributed by atoms with Crippen LogP contribution in [0, 0.1) is 17.8 Å². The van der Waals surface area contributed by atoms with Crippen molar-refractivity contribution >= 4 is 17.5 Å². The highest BCUT2D eigenvalue weighted by molar-refractivity contribution is 5.94. The molecule has 3 N–H and O–H groups in total. The number of rotatable bonds is 4. The fraction of sp³-hybridized carbons (Fsp3) is 0.533. The number of nitrogens with one attached hydrogen (secondary N) is 3. The van der Waals surface area contributed by atoms with Gasteiger partial charge in [0.15, 0.2) is 0 Å². The zero-order valence-electron chi connectivity index (χ0n) is 21.0. The minimum atomic E-state index is -0.149. The highest BCUT2D eigenvalue weighted by Gasteiger charge is 2.49. The maximum atomic E-state index is 14.2. The molecule has 0 bridgehead atoms. The van der Waals surface area contributed by atoms with Crippen LogP contribution in [-0.4, -0.2) is 48.4 Å². The summed E-state index contributed by atoms with van der Waals surface area (Å²) in [5, 5.41) is 10.7. The van der Waals surface area contributed by atoms with Crippen molar-refractivity contribution < 1.29 is 9.59 Å². The molecule has 2 aromatic carbocycles. The van der Waals surface area contributed by atoms with Crippen molar-refractivity contribution in [3.63, 3.8) is 0 Å². The third kappa shape index (κ3) is 4.40. The van der Waals surface area contributed by atoms with Crippen LogP contribution < -0.4 is 16.0 Å². The molecule has 3 aliphatic heterocycles. The Bertz CT molecular complexity index is 1080. The fourth-order valence-corrected chi connectivity index (χ4v) is 7.34. The number of likely N-dealkylation sites (tertiary alicyclic amines) is 1. The van der Waals surface area contributed by atoms with Crippen molar-refractivity contribution in [2.24, 2.45) is 17.8 Å². The van der Waals surface area contributed by atoms with E-state index in [-0.39, 0.29) is 29.8 Å². The molecule has 2 amide bonds. The predicted molar refractivity (Wildman–Crippen MR) is 142 cm³/mol. The second-order valence-electron chi connectivity index (χ2n) is 11.1. The number of hydrogen-bond donors (Lipinski definition) is 3. The van der Waals surface area contributed by atoms with E-state index >= 15 is 0 Å². The smallest absolute Gasteiger partial charge is 0.251 e. The number of piperidine rings is 1. The summed E-state index contributed by atoms with van der Waals surface area (Å²) in [5.74, 6) is 1.09. The summed E-state index contributed by atoms with van der Waals surface area (Å²) in [7, 11) is 0. The van der Waals surface area contributed by atoms with E-state index in [4.69, 9.17) is 0 Å². The Morgan fingerprint density at radius 3 is 2.44 bits per heavy atom. The van der Waals surface area contributed by atoms with Gasteiger partial charge in [0.2, 0.25) is 5.91 Å². The molecule has 2 aromatic rings. The SMILES string of the molecule is O=C(N[C@@H]1CCCC[C@@H]1C(=O)N1CC[C@@H]2[C@H](C3CCNCC3)Nc3ccccc3[C@@H]21)c1ccccc1. The molecule has 6 heteroatoms. The monoisotopic (exact) mass is 486 g/mol. The van der Waals surface area contributed by atoms with E-state index in [1.54, 1.807) is 0 Å². The molecule has 3 heterocycles. The number of fused-ring (bicyclic) bond motifs is 3. The molecule has 190 valence electrons. The highest BCUT2D eigenvalue weighted by Crippen LogP contribution is 2.49. The molecular weight excluding hydrogens is 448 g/mol. The van der Waals surface area contributed by atoms with E-state index in [9.17, 15) is 9.59 Å². The predicted octanol–water partition coefficient (Wildman–Crippen LogP) is 4.36. The Balaban J connectivity index is 1.25. The van der Waals surface area contributed by atoms with E-state index < -0.39 is 0 Å². The van der Waals surface area contributed by atoms with Crippen molar-refractivity contribution in [3.05, 3.63) is 65.7 Å². The quantitative estimate of drug-likeness (QED) is 0.601. The molecule has 0 radical (unpaired) electrons. The minimum Gasteiger partial charge on any atom is -0.381 e. The Hall–Kier alpha value is -2.86. The van der Waals surface area contributed by atoms with Gasteiger partial charge in [-0.3, -0.25) is 9.59 Å². The molecule has 0 unspecified atom stereocenters. The first-order valence-corrected chi connectivity index (χ1v) is 13.9. The molecule has 4 aliphatic rings. The summed E-state index contributed by atoms with van der Waals surface area (Å²) in [5.41, 5.74) is 3.12. The normalized spacial score (nSPS) is 30.1. The van der Waals surface area contributed by atoms with Crippen LogP contribution in [0.25, 0.3) is 0 Å². The third-order valence-electron chi connectivity index (χ3n) is 9.12. The molecule has 6 rings (SSSR count). The first kappa shape index (κ1) is 23.5. The van der Waals surface area contributed by atoms with Gasteiger partial charge in [0.1, 0.15) is 0 Å². The van der Waals surface area contributed by atoms with E-state index in [1.165, 1.54) is 24.1 Å². The summed E-state index contributed by atoms with van der Waals surface area (Å²) in [6.07, 6.45) is 7.24. The van der Waals surface area contributed by atoms with Crippen molar-refractivity contribution in [1.82, 2.24) is 15.5 Å². The number of carbonyl (C=O) groups is 2. The van der Waals surface area contributed by atoms with Gasteiger partial charge in [0, 0.05) is 35.8 Å². The number of benzene rings is 2. The lowest BCUT2D eigenvalue weighted by Crippen LogP contribution is -2.51. The van der Waals surface area contributed by atoms with E-state index in [0.717, 1.165) is 51.7 Å². The Kier molecular flexibility index (Phi) is 6.70. The maximum absolute atomic E-state index is 14.2. The first-order valence-electron chi connectivity index (χ1n) is 13.9. The van der Waals surface area contributed by atoms with Crippen molar-refractivity contribution in [2.45, 2.75) is 63.1 Å². The average Bonchev–Trinajstić information content (AvgIpc) is 3.39. The lowest BCUT2D eigenvalue weighted by Gasteiger charge is -2.45. The number of carbonyl (C=O) groups excluding carboxylic acids is 2. The van der Waals surface area contributed by atoms with Gasteiger partial charge in [-0.15, -0.1) is 0 Å². The first-order chi connectivity index (χ1) is 17.7. The second-order valence-corrected chi connectivity index (χ2v) is 11.1. The molecule has 2 saturated heterocycles. The van der Waals surface area contributed by atoms with Crippen LogP contribution in [0.1, 0.15) is 66.9 Å². The highest BCUT2D eigenvalue weighted by atomic mass is 16.2. The number of anilines is 1. The van der Waals surface area contributed by atoms with Crippen LogP contribution in [0.2, 0.25) is 0 Å². The van der Waals surface area contributed by atoms with Gasteiger partial charge in [-0.05, 0) is 74.9 Å². The number of amides is 2. The topological polar surface area (TPSA) is 73.5 Å². The van der Waals surface area contributed by atoms with Crippen LogP contribution in [-0.2, 0) is 4.79 Å². The summed E-state index contributed by atoms with van der Waals surface area (Å²) >= 11 is 0. The number of para-hydroxylation sites is 1. The molecule has 1 saturated carbocycles. The Morgan fingerprint density at radius 2 is 1.61 bits per heavy atom. The lowest BCUT2D eigenvalue weighted by molar-refractivity contribution is -0.139. The summed E-state index contributed by atoms with van der Waals surface area (Å²) in [6.45, 7) is 2.96. The maximum Gasteiger partial charge on any atom is 0.251 e. The van der Waals surface area contributed by atoms with E-state index in [0.29, 0.717) is 23.4 Å². The van der Waals surface area contributed by atoms with Crippen LogP contribution in [0.5, 0.6) is 0 Å². The lowest BCUT2D eigenvalue weighted by atomic mass is 9.74.